The predicted octanol–water partition coefficient (Wildman–Crippen LogP) is 2.02. The third-order valence-electron chi connectivity index (χ3n) is 3.72. The van der Waals surface area contributed by atoms with Crippen LogP contribution >= 0.6 is 0 Å². The number of aromatic nitrogens is 1. The van der Waals surface area contributed by atoms with Gasteiger partial charge in [0.1, 0.15) is 5.82 Å². The van der Waals surface area contributed by atoms with Crippen molar-refractivity contribution in [3.8, 4) is 0 Å². The van der Waals surface area contributed by atoms with Crippen LogP contribution in [0.1, 0.15) is 25.8 Å². The molecule has 2 atom stereocenters. The molecule has 1 aromatic heterocycles. The van der Waals surface area contributed by atoms with E-state index in [1.54, 1.807) is 0 Å². The van der Waals surface area contributed by atoms with Crippen LogP contribution in [0.25, 0.3) is 0 Å². The van der Waals surface area contributed by atoms with Gasteiger partial charge in [-0.3, -0.25) is 0 Å². The van der Waals surface area contributed by atoms with E-state index < -0.39 is 0 Å². The summed E-state index contributed by atoms with van der Waals surface area (Å²) in [6, 6.07) is 4.03. The molecule has 1 aliphatic heterocycles. The maximum absolute atomic E-state index is 5.75. The minimum atomic E-state index is 0.573. The zero-order valence-corrected chi connectivity index (χ0v) is 10.2. The Balaban J connectivity index is 2.18. The molecule has 2 unspecified atom stereocenters. The molecule has 1 aromatic rings. The van der Waals surface area contributed by atoms with E-state index in [1.807, 2.05) is 12.3 Å². The van der Waals surface area contributed by atoms with Gasteiger partial charge in [-0.25, -0.2) is 4.98 Å². The second-order valence-corrected chi connectivity index (χ2v) is 4.88. The van der Waals surface area contributed by atoms with Crippen molar-refractivity contribution in [3.05, 3.63) is 23.9 Å². The molecule has 0 radical (unpaired) electrons. The Morgan fingerprint density at radius 2 is 2.25 bits per heavy atom. The van der Waals surface area contributed by atoms with Crippen LogP contribution in [0.3, 0.4) is 0 Å². The van der Waals surface area contributed by atoms with Gasteiger partial charge in [-0.2, -0.15) is 0 Å². The summed E-state index contributed by atoms with van der Waals surface area (Å²) in [5.41, 5.74) is 6.91. The molecule has 0 spiro atoms. The van der Waals surface area contributed by atoms with E-state index in [9.17, 15) is 0 Å². The van der Waals surface area contributed by atoms with Gasteiger partial charge in [0.15, 0.2) is 0 Å². The summed E-state index contributed by atoms with van der Waals surface area (Å²) < 4.78 is 0. The fourth-order valence-corrected chi connectivity index (χ4v) is 2.33. The number of nitrogens with zero attached hydrogens (tertiary/aromatic N) is 2. The SMILES string of the molecule is CC1CCN(c2ncccc2CN)CC1C. The van der Waals surface area contributed by atoms with Crippen LogP contribution in [0.5, 0.6) is 0 Å². The second-order valence-electron chi connectivity index (χ2n) is 4.88. The largest absolute Gasteiger partial charge is 0.356 e. The van der Waals surface area contributed by atoms with Crippen LogP contribution in [0.15, 0.2) is 18.3 Å². The standard InChI is InChI=1S/C13H21N3/c1-10-5-7-16(9-11(10)2)13-12(8-14)4-3-6-15-13/h3-4,6,10-11H,5,7-9,14H2,1-2H3. The number of rotatable bonds is 2. The fraction of sp³-hybridized carbons (Fsp3) is 0.615. The second kappa shape index (κ2) is 4.83. The average molecular weight is 219 g/mol. The lowest BCUT2D eigenvalue weighted by Gasteiger charge is -2.36. The average Bonchev–Trinajstić information content (AvgIpc) is 2.32. The zero-order valence-electron chi connectivity index (χ0n) is 10.2. The van der Waals surface area contributed by atoms with Crippen LogP contribution < -0.4 is 10.6 Å². The van der Waals surface area contributed by atoms with Crippen LogP contribution in [0.2, 0.25) is 0 Å². The highest BCUT2D eigenvalue weighted by Gasteiger charge is 2.24. The lowest BCUT2D eigenvalue weighted by atomic mass is 9.88. The van der Waals surface area contributed by atoms with E-state index in [4.69, 9.17) is 5.73 Å². The van der Waals surface area contributed by atoms with Gasteiger partial charge in [0.05, 0.1) is 0 Å². The van der Waals surface area contributed by atoms with E-state index in [1.165, 1.54) is 6.42 Å². The molecule has 2 N–H and O–H groups in total. The molecule has 0 amide bonds. The Morgan fingerprint density at radius 1 is 1.44 bits per heavy atom. The first-order chi connectivity index (χ1) is 7.72. The molecular formula is C13H21N3. The van der Waals surface area contributed by atoms with Crippen LogP contribution in [-0.2, 0) is 6.54 Å². The number of piperidine rings is 1. The summed E-state index contributed by atoms with van der Waals surface area (Å²) in [7, 11) is 0. The predicted molar refractivity (Wildman–Crippen MR) is 67.3 cm³/mol. The molecule has 0 bridgehead atoms. The molecule has 3 heteroatoms. The van der Waals surface area contributed by atoms with Gasteiger partial charge in [-0.15, -0.1) is 0 Å². The highest BCUT2D eigenvalue weighted by molar-refractivity contribution is 5.47. The first-order valence-electron chi connectivity index (χ1n) is 6.11. The van der Waals surface area contributed by atoms with Gasteiger partial charge in [0.25, 0.3) is 0 Å². The summed E-state index contributed by atoms with van der Waals surface area (Å²) in [5.74, 6) is 2.64. The number of hydrogen-bond acceptors (Lipinski definition) is 3. The highest BCUT2D eigenvalue weighted by atomic mass is 15.2. The molecule has 88 valence electrons. The van der Waals surface area contributed by atoms with E-state index in [2.05, 4.69) is 29.8 Å². The van der Waals surface area contributed by atoms with Crippen molar-refractivity contribution >= 4 is 5.82 Å². The van der Waals surface area contributed by atoms with Gasteiger partial charge >= 0.3 is 0 Å². The molecule has 1 aliphatic rings. The normalized spacial score (nSPS) is 25.8. The monoisotopic (exact) mass is 219 g/mol. The number of hydrogen-bond donors (Lipinski definition) is 1. The topological polar surface area (TPSA) is 42.2 Å². The Bertz CT molecular complexity index is 351. The molecule has 0 aromatic carbocycles. The van der Waals surface area contributed by atoms with E-state index >= 15 is 0 Å². The Hall–Kier alpha value is -1.09. The maximum Gasteiger partial charge on any atom is 0.133 e. The minimum Gasteiger partial charge on any atom is -0.356 e. The van der Waals surface area contributed by atoms with Crippen LogP contribution in [0.4, 0.5) is 5.82 Å². The molecule has 16 heavy (non-hydrogen) atoms. The van der Waals surface area contributed by atoms with Crippen molar-refractivity contribution in [3.63, 3.8) is 0 Å². The van der Waals surface area contributed by atoms with Gasteiger partial charge in [0, 0.05) is 31.4 Å². The van der Waals surface area contributed by atoms with Gasteiger partial charge < -0.3 is 10.6 Å². The third kappa shape index (κ3) is 2.19. The van der Waals surface area contributed by atoms with E-state index in [0.29, 0.717) is 6.54 Å². The third-order valence-corrected chi connectivity index (χ3v) is 3.72. The lowest BCUT2D eigenvalue weighted by Crippen LogP contribution is -2.39. The maximum atomic E-state index is 5.75. The number of pyridine rings is 1. The van der Waals surface area contributed by atoms with E-state index in [-0.39, 0.29) is 0 Å². The summed E-state index contributed by atoms with van der Waals surface area (Å²) >= 11 is 0. The minimum absolute atomic E-state index is 0.573. The molecule has 0 saturated carbocycles. The van der Waals surface area contributed by atoms with Crippen molar-refractivity contribution in [2.45, 2.75) is 26.8 Å². The van der Waals surface area contributed by atoms with Gasteiger partial charge in [-0.05, 0) is 24.3 Å². The molecule has 3 nitrogen and oxygen atoms in total. The summed E-state index contributed by atoms with van der Waals surface area (Å²) in [6.07, 6.45) is 3.11. The van der Waals surface area contributed by atoms with Crippen molar-refractivity contribution in [1.29, 1.82) is 0 Å². The molecular weight excluding hydrogens is 198 g/mol. The first kappa shape index (κ1) is 11.4. The fourth-order valence-electron chi connectivity index (χ4n) is 2.33. The lowest BCUT2D eigenvalue weighted by molar-refractivity contribution is 0.322. The Labute approximate surface area is 97.7 Å². The van der Waals surface area contributed by atoms with Gasteiger partial charge in [0.2, 0.25) is 0 Å². The smallest absolute Gasteiger partial charge is 0.133 e. The van der Waals surface area contributed by atoms with Crippen molar-refractivity contribution in [2.75, 3.05) is 18.0 Å². The zero-order chi connectivity index (χ0) is 11.5. The highest BCUT2D eigenvalue weighted by Crippen LogP contribution is 2.27. The van der Waals surface area contributed by atoms with Crippen LogP contribution in [0, 0.1) is 11.8 Å². The van der Waals surface area contributed by atoms with Crippen molar-refractivity contribution in [1.82, 2.24) is 4.98 Å². The van der Waals surface area contributed by atoms with Crippen molar-refractivity contribution in [2.24, 2.45) is 17.6 Å². The summed E-state index contributed by atoms with van der Waals surface area (Å²) in [5, 5.41) is 0. The Kier molecular flexibility index (Phi) is 3.44. The van der Waals surface area contributed by atoms with E-state index in [0.717, 1.165) is 36.3 Å². The number of anilines is 1. The molecule has 2 heterocycles. The molecule has 2 rings (SSSR count). The summed E-state index contributed by atoms with van der Waals surface area (Å²) in [4.78, 5) is 6.86. The van der Waals surface area contributed by atoms with Crippen LogP contribution in [-0.4, -0.2) is 18.1 Å². The van der Waals surface area contributed by atoms with Crippen molar-refractivity contribution < 1.29 is 0 Å². The van der Waals surface area contributed by atoms with Gasteiger partial charge in [-0.1, -0.05) is 19.9 Å². The molecule has 1 saturated heterocycles. The number of nitrogens with two attached hydrogens (primary N) is 1. The first-order valence-corrected chi connectivity index (χ1v) is 6.11. The Morgan fingerprint density at radius 3 is 2.94 bits per heavy atom. The quantitative estimate of drug-likeness (QED) is 0.827. The molecule has 1 fully saturated rings. The summed E-state index contributed by atoms with van der Waals surface area (Å²) in [6.45, 7) is 7.44. The molecule has 0 aliphatic carbocycles.